The van der Waals surface area contributed by atoms with Crippen LogP contribution in [0, 0.1) is 6.92 Å². The molecule has 1 unspecified atom stereocenters. The van der Waals surface area contributed by atoms with E-state index in [0.29, 0.717) is 22.5 Å². The lowest BCUT2D eigenvalue weighted by molar-refractivity contribution is -0.129. The van der Waals surface area contributed by atoms with Gasteiger partial charge in [0.1, 0.15) is 5.75 Å². The molecule has 0 spiro atoms. The van der Waals surface area contributed by atoms with Gasteiger partial charge in [0.05, 0.1) is 5.54 Å². The third-order valence-electron chi connectivity index (χ3n) is 3.87. The molecule has 0 radical (unpaired) electrons. The lowest BCUT2D eigenvalue weighted by Gasteiger charge is -2.25. The fraction of sp³-hybridized carbons (Fsp3) is 0.526. The number of hydrogen-bond donors (Lipinski definition) is 1. The van der Waals surface area contributed by atoms with Gasteiger partial charge in [-0.1, -0.05) is 37.5 Å². The van der Waals surface area contributed by atoms with Gasteiger partial charge >= 0.3 is 0 Å². The molecule has 6 nitrogen and oxygen atoms in total. The van der Waals surface area contributed by atoms with Gasteiger partial charge in [0.2, 0.25) is 5.89 Å². The molecule has 0 saturated carbocycles. The number of carbonyl (C=O) groups excluding carboxylic acids is 1. The molecule has 7 heteroatoms. The minimum atomic E-state index is -0.795. The van der Waals surface area contributed by atoms with Crippen molar-refractivity contribution in [3.63, 3.8) is 0 Å². The van der Waals surface area contributed by atoms with Crippen LogP contribution in [0.15, 0.2) is 22.7 Å². The molecule has 1 N–H and O–H groups in total. The summed E-state index contributed by atoms with van der Waals surface area (Å²) in [5.74, 6) is 1.29. The minimum absolute atomic E-state index is 0.256. The molecule has 142 valence electrons. The second kappa shape index (κ2) is 7.27. The topological polar surface area (TPSA) is 77.2 Å². The number of ether oxygens (including phenoxy) is 1. The zero-order valence-electron chi connectivity index (χ0n) is 16.3. The average Bonchev–Trinajstić information content (AvgIpc) is 3.00. The van der Waals surface area contributed by atoms with Gasteiger partial charge in [0, 0.05) is 10.4 Å². The first kappa shape index (κ1) is 20.2. The molecule has 1 amide bonds. The van der Waals surface area contributed by atoms with Crippen molar-refractivity contribution in [1.29, 1.82) is 0 Å². The molecular formula is C19H26ClN3O3. The summed E-state index contributed by atoms with van der Waals surface area (Å²) >= 11 is 5.95. The number of aryl methyl sites for hydroxylation is 1. The standard InChI is InChI=1S/C19H26ClN3O3/c1-11-10-13(20)8-9-14(11)25-12(2)15(24)22-19(6,7)16-21-17(26-23-16)18(3,4)5/h8-10,12H,1-7H3,(H,22,24). The lowest BCUT2D eigenvalue weighted by atomic mass is 9.97. The van der Waals surface area contributed by atoms with Gasteiger partial charge in [-0.2, -0.15) is 4.98 Å². The number of nitrogens with zero attached hydrogens (tertiary/aromatic N) is 2. The van der Waals surface area contributed by atoms with Crippen LogP contribution in [0.3, 0.4) is 0 Å². The van der Waals surface area contributed by atoms with Crippen molar-refractivity contribution >= 4 is 17.5 Å². The van der Waals surface area contributed by atoms with E-state index in [-0.39, 0.29) is 11.3 Å². The number of carbonyl (C=O) groups is 1. The molecule has 2 rings (SSSR count). The summed E-state index contributed by atoms with van der Waals surface area (Å²) in [5, 5.41) is 7.56. The molecule has 2 aromatic rings. The molecule has 0 saturated heterocycles. The molecular weight excluding hydrogens is 354 g/mol. The van der Waals surface area contributed by atoms with Crippen molar-refractivity contribution in [3.05, 3.63) is 40.5 Å². The zero-order chi connectivity index (χ0) is 19.7. The summed E-state index contributed by atoms with van der Waals surface area (Å²) in [6.45, 7) is 13.2. The Morgan fingerprint density at radius 2 is 1.92 bits per heavy atom. The van der Waals surface area contributed by atoms with E-state index >= 15 is 0 Å². The van der Waals surface area contributed by atoms with Crippen molar-refractivity contribution in [1.82, 2.24) is 15.5 Å². The summed E-state index contributed by atoms with van der Waals surface area (Å²) in [7, 11) is 0. The fourth-order valence-electron chi connectivity index (χ4n) is 2.24. The number of rotatable bonds is 5. The Bertz CT molecular complexity index is 794. The van der Waals surface area contributed by atoms with E-state index in [1.54, 1.807) is 25.1 Å². The van der Waals surface area contributed by atoms with E-state index in [1.165, 1.54) is 0 Å². The Hall–Kier alpha value is -2.08. The number of nitrogens with one attached hydrogen (secondary N) is 1. The van der Waals surface area contributed by atoms with Gasteiger partial charge in [-0.3, -0.25) is 4.79 Å². The fourth-order valence-corrected chi connectivity index (χ4v) is 2.46. The zero-order valence-corrected chi connectivity index (χ0v) is 17.1. The van der Waals surface area contributed by atoms with E-state index < -0.39 is 11.6 Å². The number of aromatic nitrogens is 2. The summed E-state index contributed by atoms with van der Waals surface area (Å²) < 4.78 is 11.1. The maximum atomic E-state index is 12.6. The summed E-state index contributed by atoms with van der Waals surface area (Å²) in [5.41, 5.74) is -0.186. The van der Waals surface area contributed by atoms with Crippen LogP contribution in [0.5, 0.6) is 5.75 Å². The number of hydrogen-bond acceptors (Lipinski definition) is 5. The predicted octanol–water partition coefficient (Wildman–Crippen LogP) is 4.15. The van der Waals surface area contributed by atoms with Crippen LogP contribution in [0.25, 0.3) is 0 Å². The largest absolute Gasteiger partial charge is 0.481 e. The van der Waals surface area contributed by atoms with Gasteiger partial charge < -0.3 is 14.6 Å². The van der Waals surface area contributed by atoms with Crippen LogP contribution < -0.4 is 10.1 Å². The second-order valence-corrected chi connectivity index (χ2v) is 8.39. The monoisotopic (exact) mass is 379 g/mol. The van der Waals surface area contributed by atoms with Gasteiger partial charge in [0.15, 0.2) is 11.9 Å². The maximum absolute atomic E-state index is 12.6. The van der Waals surface area contributed by atoms with Crippen LogP contribution in [0.4, 0.5) is 0 Å². The average molecular weight is 380 g/mol. The van der Waals surface area contributed by atoms with Crippen molar-refractivity contribution in [2.75, 3.05) is 0 Å². The highest BCUT2D eigenvalue weighted by molar-refractivity contribution is 6.30. The van der Waals surface area contributed by atoms with Crippen LogP contribution >= 0.6 is 11.6 Å². The third kappa shape index (κ3) is 4.75. The number of amides is 1. The minimum Gasteiger partial charge on any atom is -0.481 e. The normalized spacial score (nSPS) is 13.4. The molecule has 1 aromatic heterocycles. The SMILES string of the molecule is Cc1cc(Cl)ccc1OC(C)C(=O)NC(C)(C)c1noc(C(C)(C)C)n1. The molecule has 26 heavy (non-hydrogen) atoms. The Balaban J connectivity index is 2.08. The predicted molar refractivity (Wildman–Crippen MR) is 100 cm³/mol. The van der Waals surface area contributed by atoms with E-state index in [0.717, 1.165) is 5.56 Å². The highest BCUT2D eigenvalue weighted by Crippen LogP contribution is 2.25. The Kier molecular flexibility index (Phi) is 5.66. The Morgan fingerprint density at radius 1 is 1.27 bits per heavy atom. The molecule has 0 fully saturated rings. The van der Waals surface area contributed by atoms with E-state index in [9.17, 15) is 4.79 Å². The second-order valence-electron chi connectivity index (χ2n) is 7.96. The highest BCUT2D eigenvalue weighted by Gasteiger charge is 2.33. The summed E-state index contributed by atoms with van der Waals surface area (Å²) in [6, 6.07) is 5.27. The Morgan fingerprint density at radius 3 is 2.46 bits per heavy atom. The first-order chi connectivity index (χ1) is 11.9. The molecule has 0 bridgehead atoms. The van der Waals surface area contributed by atoms with Crippen molar-refractivity contribution in [2.45, 2.75) is 65.5 Å². The Labute approximate surface area is 159 Å². The van der Waals surface area contributed by atoms with Crippen molar-refractivity contribution < 1.29 is 14.1 Å². The molecule has 0 aliphatic heterocycles. The maximum Gasteiger partial charge on any atom is 0.261 e. The summed E-state index contributed by atoms with van der Waals surface area (Å²) in [4.78, 5) is 17.0. The van der Waals surface area contributed by atoms with Gasteiger partial charge in [-0.05, 0) is 51.5 Å². The van der Waals surface area contributed by atoms with Crippen molar-refractivity contribution in [3.8, 4) is 5.75 Å². The van der Waals surface area contributed by atoms with Crippen LogP contribution in [-0.2, 0) is 15.7 Å². The highest BCUT2D eigenvalue weighted by atomic mass is 35.5. The van der Waals surface area contributed by atoms with Gasteiger partial charge in [-0.25, -0.2) is 0 Å². The number of halogens is 1. The lowest BCUT2D eigenvalue weighted by Crippen LogP contribution is -2.47. The molecule has 1 aromatic carbocycles. The molecule has 1 heterocycles. The van der Waals surface area contributed by atoms with E-state index in [1.807, 2.05) is 41.5 Å². The number of benzene rings is 1. The van der Waals surface area contributed by atoms with E-state index in [4.69, 9.17) is 20.9 Å². The van der Waals surface area contributed by atoms with Crippen LogP contribution in [-0.4, -0.2) is 22.2 Å². The van der Waals surface area contributed by atoms with Gasteiger partial charge in [-0.15, -0.1) is 0 Å². The first-order valence-corrected chi connectivity index (χ1v) is 8.87. The van der Waals surface area contributed by atoms with Crippen molar-refractivity contribution in [2.24, 2.45) is 0 Å². The smallest absolute Gasteiger partial charge is 0.261 e. The molecule has 1 atom stereocenters. The van der Waals surface area contributed by atoms with Crippen LogP contribution in [0.2, 0.25) is 5.02 Å². The first-order valence-electron chi connectivity index (χ1n) is 8.49. The molecule has 0 aliphatic carbocycles. The van der Waals surface area contributed by atoms with Gasteiger partial charge in [0.25, 0.3) is 5.91 Å². The summed E-state index contributed by atoms with van der Waals surface area (Å²) in [6.07, 6.45) is -0.692. The third-order valence-corrected chi connectivity index (χ3v) is 4.11. The molecule has 0 aliphatic rings. The quantitative estimate of drug-likeness (QED) is 0.844. The van der Waals surface area contributed by atoms with Crippen LogP contribution in [0.1, 0.15) is 58.8 Å². The van der Waals surface area contributed by atoms with E-state index in [2.05, 4.69) is 15.5 Å².